The van der Waals surface area contributed by atoms with Gasteiger partial charge < -0.3 is 16.4 Å². The van der Waals surface area contributed by atoms with Crippen molar-refractivity contribution in [3.05, 3.63) is 0 Å². The predicted molar refractivity (Wildman–Crippen MR) is 84.5 cm³/mol. The van der Waals surface area contributed by atoms with Gasteiger partial charge in [-0.3, -0.25) is 9.59 Å². The normalized spacial score (nSPS) is 28.2. The second-order valence-corrected chi connectivity index (χ2v) is 7.17. The number of carbonyl (C=O) groups excluding carboxylic acids is 2. The van der Waals surface area contributed by atoms with Crippen LogP contribution in [0.3, 0.4) is 0 Å². The Morgan fingerprint density at radius 3 is 2.48 bits per heavy atom. The van der Waals surface area contributed by atoms with Gasteiger partial charge in [-0.2, -0.15) is 0 Å². The first-order valence-corrected chi connectivity index (χ1v) is 7.99. The highest BCUT2D eigenvalue weighted by molar-refractivity contribution is 5.81. The van der Waals surface area contributed by atoms with Gasteiger partial charge in [0.1, 0.15) is 0 Å². The fraction of sp³-hybridized carbons (Fsp3) is 0.875. The summed E-state index contributed by atoms with van der Waals surface area (Å²) >= 11 is 0. The van der Waals surface area contributed by atoms with E-state index in [2.05, 4.69) is 31.4 Å². The lowest BCUT2D eigenvalue weighted by Gasteiger charge is -2.46. The summed E-state index contributed by atoms with van der Waals surface area (Å²) in [7, 11) is 0. The Balaban J connectivity index is 2.47. The van der Waals surface area contributed by atoms with E-state index in [-0.39, 0.29) is 35.2 Å². The van der Waals surface area contributed by atoms with Gasteiger partial charge in [-0.15, -0.1) is 0 Å². The van der Waals surface area contributed by atoms with Crippen LogP contribution in [0, 0.1) is 17.3 Å². The Bertz CT molecular complexity index is 380. The Morgan fingerprint density at radius 1 is 1.29 bits per heavy atom. The third-order valence-electron chi connectivity index (χ3n) is 4.92. The van der Waals surface area contributed by atoms with Crippen molar-refractivity contribution in [2.75, 3.05) is 6.54 Å². The number of amides is 2. The van der Waals surface area contributed by atoms with E-state index in [0.29, 0.717) is 18.9 Å². The minimum absolute atomic E-state index is 0.0244. The van der Waals surface area contributed by atoms with Gasteiger partial charge in [0, 0.05) is 31.0 Å². The number of nitrogens with two attached hydrogens (primary N) is 1. The van der Waals surface area contributed by atoms with Gasteiger partial charge in [-0.05, 0) is 38.0 Å². The van der Waals surface area contributed by atoms with Gasteiger partial charge in [-0.25, -0.2) is 0 Å². The molecule has 0 aromatic rings. The smallest absolute Gasteiger partial charge is 0.223 e. The first-order chi connectivity index (χ1) is 9.66. The SMILES string of the molecule is CC(C)NC(=O)CCNC(=O)C1CCC(N)C(C)C1(C)C. The molecule has 1 fully saturated rings. The summed E-state index contributed by atoms with van der Waals surface area (Å²) < 4.78 is 0. The second-order valence-electron chi connectivity index (χ2n) is 7.17. The summed E-state index contributed by atoms with van der Waals surface area (Å²) in [5.74, 6) is 0.311. The maximum atomic E-state index is 12.4. The fourth-order valence-electron chi connectivity index (χ4n) is 3.14. The van der Waals surface area contributed by atoms with Crippen molar-refractivity contribution in [2.45, 2.75) is 66.0 Å². The Morgan fingerprint density at radius 2 is 1.90 bits per heavy atom. The minimum atomic E-state index is -0.109. The van der Waals surface area contributed by atoms with E-state index in [1.54, 1.807) is 0 Å². The van der Waals surface area contributed by atoms with Gasteiger partial charge in [0.05, 0.1) is 0 Å². The molecule has 4 N–H and O–H groups in total. The van der Waals surface area contributed by atoms with Crippen LogP contribution >= 0.6 is 0 Å². The maximum Gasteiger partial charge on any atom is 0.223 e. The van der Waals surface area contributed by atoms with Gasteiger partial charge in [0.2, 0.25) is 11.8 Å². The van der Waals surface area contributed by atoms with Crippen LogP contribution in [0.15, 0.2) is 0 Å². The standard InChI is InChI=1S/C16H31N3O2/c1-10(2)19-14(20)8-9-18-15(21)12-6-7-13(17)11(3)16(12,4)5/h10-13H,6-9,17H2,1-5H3,(H,18,21)(H,19,20). The van der Waals surface area contributed by atoms with Crippen LogP contribution in [-0.2, 0) is 9.59 Å². The zero-order valence-corrected chi connectivity index (χ0v) is 14.0. The molecule has 5 heteroatoms. The van der Waals surface area contributed by atoms with E-state index in [1.807, 2.05) is 13.8 Å². The molecule has 0 aromatic heterocycles. The fourth-order valence-corrected chi connectivity index (χ4v) is 3.14. The number of hydrogen-bond donors (Lipinski definition) is 3. The Hall–Kier alpha value is -1.10. The summed E-state index contributed by atoms with van der Waals surface area (Å²) in [4.78, 5) is 23.9. The van der Waals surface area contributed by atoms with E-state index in [9.17, 15) is 9.59 Å². The summed E-state index contributed by atoms with van der Waals surface area (Å²) in [5, 5.41) is 5.73. The minimum Gasteiger partial charge on any atom is -0.355 e. The van der Waals surface area contributed by atoms with E-state index >= 15 is 0 Å². The average Bonchev–Trinajstić information content (AvgIpc) is 2.35. The highest BCUT2D eigenvalue weighted by Crippen LogP contribution is 2.44. The molecule has 1 aliphatic carbocycles. The molecule has 2 amide bonds. The molecular formula is C16H31N3O2. The Labute approximate surface area is 128 Å². The quantitative estimate of drug-likeness (QED) is 0.717. The summed E-state index contributed by atoms with van der Waals surface area (Å²) in [6.45, 7) is 10.6. The highest BCUT2D eigenvalue weighted by Gasteiger charge is 2.44. The molecule has 0 bridgehead atoms. The molecule has 3 atom stereocenters. The van der Waals surface area contributed by atoms with Crippen molar-refractivity contribution in [3.63, 3.8) is 0 Å². The highest BCUT2D eigenvalue weighted by atomic mass is 16.2. The lowest BCUT2D eigenvalue weighted by Crippen LogP contribution is -2.51. The monoisotopic (exact) mass is 297 g/mol. The molecule has 122 valence electrons. The first-order valence-electron chi connectivity index (χ1n) is 7.99. The maximum absolute atomic E-state index is 12.4. The third-order valence-corrected chi connectivity index (χ3v) is 4.92. The van der Waals surface area contributed by atoms with Crippen molar-refractivity contribution in [2.24, 2.45) is 23.0 Å². The van der Waals surface area contributed by atoms with Crippen molar-refractivity contribution < 1.29 is 9.59 Å². The van der Waals surface area contributed by atoms with Crippen molar-refractivity contribution >= 4 is 11.8 Å². The topological polar surface area (TPSA) is 84.2 Å². The predicted octanol–water partition coefficient (Wildman–Crippen LogP) is 1.42. The molecule has 0 spiro atoms. The van der Waals surface area contributed by atoms with Gasteiger partial charge >= 0.3 is 0 Å². The Kier molecular flexibility index (Phi) is 6.20. The van der Waals surface area contributed by atoms with Gasteiger partial charge in [-0.1, -0.05) is 20.8 Å². The van der Waals surface area contributed by atoms with Crippen LogP contribution in [0.5, 0.6) is 0 Å². The van der Waals surface area contributed by atoms with Crippen LogP contribution in [0.2, 0.25) is 0 Å². The lowest BCUT2D eigenvalue weighted by atomic mass is 9.61. The van der Waals surface area contributed by atoms with E-state index in [1.165, 1.54) is 0 Å². The zero-order valence-electron chi connectivity index (χ0n) is 14.0. The van der Waals surface area contributed by atoms with E-state index in [4.69, 9.17) is 5.73 Å². The molecule has 0 heterocycles. The van der Waals surface area contributed by atoms with Crippen LogP contribution in [0.1, 0.15) is 53.9 Å². The molecule has 1 rings (SSSR count). The molecule has 21 heavy (non-hydrogen) atoms. The van der Waals surface area contributed by atoms with Crippen molar-refractivity contribution in [1.82, 2.24) is 10.6 Å². The molecule has 1 aliphatic rings. The van der Waals surface area contributed by atoms with Crippen molar-refractivity contribution in [1.29, 1.82) is 0 Å². The molecule has 0 aromatic carbocycles. The third kappa shape index (κ3) is 4.70. The molecule has 0 radical (unpaired) electrons. The average molecular weight is 297 g/mol. The molecule has 5 nitrogen and oxygen atoms in total. The lowest BCUT2D eigenvalue weighted by molar-refractivity contribution is -0.132. The number of hydrogen-bond acceptors (Lipinski definition) is 3. The number of nitrogens with one attached hydrogen (secondary N) is 2. The summed E-state index contributed by atoms with van der Waals surface area (Å²) in [6.07, 6.45) is 2.03. The summed E-state index contributed by atoms with van der Waals surface area (Å²) in [5.41, 5.74) is 6.01. The first kappa shape index (κ1) is 18.0. The van der Waals surface area contributed by atoms with Crippen LogP contribution in [-0.4, -0.2) is 30.4 Å². The second kappa shape index (κ2) is 7.25. The van der Waals surface area contributed by atoms with Crippen LogP contribution in [0.4, 0.5) is 0 Å². The van der Waals surface area contributed by atoms with Gasteiger partial charge in [0.25, 0.3) is 0 Å². The molecule has 0 aliphatic heterocycles. The largest absolute Gasteiger partial charge is 0.355 e. The van der Waals surface area contributed by atoms with Crippen LogP contribution < -0.4 is 16.4 Å². The zero-order chi connectivity index (χ0) is 16.2. The summed E-state index contributed by atoms with van der Waals surface area (Å²) in [6, 6.07) is 0.300. The molecular weight excluding hydrogens is 266 g/mol. The van der Waals surface area contributed by atoms with Gasteiger partial charge in [0.15, 0.2) is 0 Å². The van der Waals surface area contributed by atoms with E-state index < -0.39 is 0 Å². The number of carbonyl (C=O) groups is 2. The van der Waals surface area contributed by atoms with E-state index in [0.717, 1.165) is 12.8 Å². The number of rotatable bonds is 5. The van der Waals surface area contributed by atoms with Crippen molar-refractivity contribution in [3.8, 4) is 0 Å². The van der Waals surface area contributed by atoms with Crippen LogP contribution in [0.25, 0.3) is 0 Å². The molecule has 0 saturated heterocycles. The molecule has 1 saturated carbocycles. The molecule has 3 unspecified atom stereocenters.